The molecule has 0 saturated carbocycles. The molecule has 1 atom stereocenters. The average Bonchev–Trinajstić information content (AvgIpc) is 2.36. The third kappa shape index (κ3) is 9.69. The summed E-state index contributed by atoms with van der Waals surface area (Å²) in [5.74, 6) is -1.81. The number of rotatable bonds is 13. The van der Waals surface area contributed by atoms with Crippen LogP contribution in [0.25, 0.3) is 0 Å². The zero-order valence-electron chi connectivity index (χ0n) is 12.6. The van der Waals surface area contributed by atoms with E-state index in [-0.39, 0.29) is 5.78 Å². The molecule has 0 aliphatic carbocycles. The van der Waals surface area contributed by atoms with E-state index in [4.69, 9.17) is 5.11 Å². The van der Waals surface area contributed by atoms with Crippen molar-refractivity contribution in [1.82, 2.24) is 0 Å². The van der Waals surface area contributed by atoms with E-state index in [0.717, 1.165) is 25.7 Å². The first-order valence-corrected chi connectivity index (χ1v) is 7.89. The molecule has 0 aromatic heterocycles. The molecule has 112 valence electrons. The molecule has 3 heteroatoms. The van der Waals surface area contributed by atoms with E-state index < -0.39 is 11.9 Å². The van der Waals surface area contributed by atoms with Gasteiger partial charge in [0.1, 0.15) is 11.7 Å². The molecule has 0 bridgehead atoms. The summed E-state index contributed by atoms with van der Waals surface area (Å²) in [6, 6.07) is 0. The van der Waals surface area contributed by atoms with E-state index in [1.165, 1.54) is 32.1 Å². The van der Waals surface area contributed by atoms with Gasteiger partial charge in [-0.2, -0.15) is 0 Å². The third-order valence-corrected chi connectivity index (χ3v) is 3.53. The number of carboxylic acid groups (broad SMARTS) is 1. The predicted molar refractivity (Wildman–Crippen MR) is 78.3 cm³/mol. The Morgan fingerprint density at radius 2 is 1.37 bits per heavy atom. The Kier molecular flexibility index (Phi) is 11.6. The van der Waals surface area contributed by atoms with Gasteiger partial charge >= 0.3 is 5.97 Å². The lowest BCUT2D eigenvalue weighted by molar-refractivity contribution is -0.146. The quantitative estimate of drug-likeness (QED) is 0.393. The Balaban J connectivity index is 3.65. The van der Waals surface area contributed by atoms with Gasteiger partial charge in [-0.05, 0) is 12.8 Å². The Morgan fingerprint density at radius 1 is 0.842 bits per heavy atom. The SMILES string of the molecule is CCCCCCCCCCC(C(=O)O)C(=O)CCC. The predicted octanol–water partition coefficient (Wildman–Crippen LogP) is 4.59. The van der Waals surface area contributed by atoms with Gasteiger partial charge in [-0.25, -0.2) is 0 Å². The first-order chi connectivity index (χ1) is 9.13. The summed E-state index contributed by atoms with van der Waals surface area (Å²) in [6.07, 6.45) is 11.1. The second kappa shape index (κ2) is 12.2. The van der Waals surface area contributed by atoms with E-state index in [1.807, 2.05) is 6.92 Å². The average molecular weight is 270 g/mol. The molecule has 0 spiro atoms. The summed E-state index contributed by atoms with van der Waals surface area (Å²) in [6.45, 7) is 4.12. The van der Waals surface area contributed by atoms with Crippen LogP contribution in [0.3, 0.4) is 0 Å². The van der Waals surface area contributed by atoms with Crippen molar-refractivity contribution in [1.29, 1.82) is 0 Å². The van der Waals surface area contributed by atoms with Gasteiger partial charge in [0.05, 0.1) is 0 Å². The summed E-state index contributed by atoms with van der Waals surface area (Å²) in [5, 5.41) is 9.05. The van der Waals surface area contributed by atoms with E-state index in [2.05, 4.69) is 6.92 Å². The zero-order valence-corrected chi connectivity index (χ0v) is 12.6. The normalized spacial score (nSPS) is 12.3. The number of ketones is 1. The highest BCUT2D eigenvalue weighted by atomic mass is 16.4. The lowest BCUT2D eigenvalue weighted by Gasteiger charge is -2.10. The fourth-order valence-electron chi connectivity index (χ4n) is 2.33. The van der Waals surface area contributed by atoms with Crippen molar-refractivity contribution < 1.29 is 14.7 Å². The maximum Gasteiger partial charge on any atom is 0.314 e. The number of hydrogen-bond acceptors (Lipinski definition) is 2. The molecule has 0 heterocycles. The van der Waals surface area contributed by atoms with Crippen LogP contribution in [0.1, 0.15) is 84.5 Å². The number of carbonyl (C=O) groups is 2. The van der Waals surface area contributed by atoms with Crippen molar-refractivity contribution in [2.75, 3.05) is 0 Å². The fourth-order valence-corrected chi connectivity index (χ4v) is 2.33. The minimum absolute atomic E-state index is 0.0991. The van der Waals surface area contributed by atoms with Crippen molar-refractivity contribution in [2.45, 2.75) is 84.5 Å². The monoisotopic (exact) mass is 270 g/mol. The van der Waals surface area contributed by atoms with Gasteiger partial charge < -0.3 is 5.11 Å². The van der Waals surface area contributed by atoms with Gasteiger partial charge in [0.2, 0.25) is 0 Å². The summed E-state index contributed by atoms with van der Waals surface area (Å²) in [7, 11) is 0. The highest BCUT2D eigenvalue weighted by Crippen LogP contribution is 2.16. The molecule has 3 nitrogen and oxygen atoms in total. The second-order valence-electron chi connectivity index (χ2n) is 5.37. The van der Waals surface area contributed by atoms with Crippen molar-refractivity contribution in [3.05, 3.63) is 0 Å². The van der Waals surface area contributed by atoms with E-state index in [1.54, 1.807) is 0 Å². The molecule has 0 rings (SSSR count). The van der Waals surface area contributed by atoms with Crippen LogP contribution in [-0.2, 0) is 9.59 Å². The molecule has 0 aromatic rings. The second-order valence-corrected chi connectivity index (χ2v) is 5.37. The smallest absolute Gasteiger partial charge is 0.314 e. The first-order valence-electron chi connectivity index (χ1n) is 7.89. The van der Waals surface area contributed by atoms with Crippen molar-refractivity contribution in [3.63, 3.8) is 0 Å². The molecule has 19 heavy (non-hydrogen) atoms. The minimum atomic E-state index is -0.943. The van der Waals surface area contributed by atoms with E-state index in [0.29, 0.717) is 12.8 Å². The molecule has 0 aromatic carbocycles. The maximum absolute atomic E-state index is 11.6. The number of Topliss-reactive ketones (excluding diaryl/α,β-unsaturated/α-hetero) is 1. The zero-order chi connectivity index (χ0) is 14.5. The fraction of sp³-hybridized carbons (Fsp3) is 0.875. The number of carboxylic acids is 1. The first kappa shape index (κ1) is 18.1. The molecule has 0 fully saturated rings. The number of aliphatic carboxylic acids is 1. The Labute approximate surface area is 117 Å². The van der Waals surface area contributed by atoms with Gasteiger partial charge in [0.15, 0.2) is 0 Å². The van der Waals surface area contributed by atoms with Crippen LogP contribution in [0, 0.1) is 5.92 Å². The van der Waals surface area contributed by atoms with Crippen LogP contribution in [-0.4, -0.2) is 16.9 Å². The van der Waals surface area contributed by atoms with Crippen LogP contribution in [0.4, 0.5) is 0 Å². The van der Waals surface area contributed by atoms with Crippen LogP contribution < -0.4 is 0 Å². The van der Waals surface area contributed by atoms with Crippen molar-refractivity contribution >= 4 is 11.8 Å². The molecule has 1 N–H and O–H groups in total. The molecule has 0 saturated heterocycles. The van der Waals surface area contributed by atoms with Crippen LogP contribution in [0.5, 0.6) is 0 Å². The lowest BCUT2D eigenvalue weighted by atomic mass is 9.94. The Bertz CT molecular complexity index is 248. The van der Waals surface area contributed by atoms with Gasteiger partial charge in [0, 0.05) is 6.42 Å². The van der Waals surface area contributed by atoms with Gasteiger partial charge in [0.25, 0.3) is 0 Å². The standard InChI is InChI=1S/C16H30O3/c1-3-5-6-7-8-9-10-11-13-14(16(18)19)15(17)12-4-2/h14H,3-13H2,1-2H3,(H,18,19). The molecule has 1 unspecified atom stereocenters. The van der Waals surface area contributed by atoms with Crippen molar-refractivity contribution in [2.24, 2.45) is 5.92 Å². The third-order valence-electron chi connectivity index (χ3n) is 3.53. The highest BCUT2D eigenvalue weighted by Gasteiger charge is 2.24. The lowest BCUT2D eigenvalue weighted by Crippen LogP contribution is -2.23. The summed E-state index contributed by atoms with van der Waals surface area (Å²) < 4.78 is 0. The topological polar surface area (TPSA) is 54.4 Å². The molecular formula is C16H30O3. The number of carbonyl (C=O) groups excluding carboxylic acids is 1. The number of unbranched alkanes of at least 4 members (excludes halogenated alkanes) is 7. The summed E-state index contributed by atoms with van der Waals surface area (Å²) in [4.78, 5) is 22.7. The Hall–Kier alpha value is -0.860. The van der Waals surface area contributed by atoms with Gasteiger partial charge in [-0.15, -0.1) is 0 Å². The van der Waals surface area contributed by atoms with Gasteiger partial charge in [-0.1, -0.05) is 65.2 Å². The van der Waals surface area contributed by atoms with Crippen LogP contribution in [0.2, 0.25) is 0 Å². The van der Waals surface area contributed by atoms with Crippen LogP contribution in [0.15, 0.2) is 0 Å². The van der Waals surface area contributed by atoms with E-state index in [9.17, 15) is 9.59 Å². The minimum Gasteiger partial charge on any atom is -0.481 e. The van der Waals surface area contributed by atoms with Crippen LogP contribution >= 0.6 is 0 Å². The largest absolute Gasteiger partial charge is 0.481 e. The van der Waals surface area contributed by atoms with E-state index >= 15 is 0 Å². The Morgan fingerprint density at radius 3 is 1.84 bits per heavy atom. The number of hydrogen-bond donors (Lipinski definition) is 1. The highest BCUT2D eigenvalue weighted by molar-refractivity contribution is 5.98. The van der Waals surface area contributed by atoms with Gasteiger partial charge in [-0.3, -0.25) is 9.59 Å². The maximum atomic E-state index is 11.6. The molecule has 0 radical (unpaired) electrons. The summed E-state index contributed by atoms with van der Waals surface area (Å²) >= 11 is 0. The molecule has 0 amide bonds. The molecular weight excluding hydrogens is 240 g/mol. The summed E-state index contributed by atoms with van der Waals surface area (Å²) in [5.41, 5.74) is 0. The molecule has 0 aliphatic rings. The molecule has 0 aliphatic heterocycles. The van der Waals surface area contributed by atoms with Crippen molar-refractivity contribution in [3.8, 4) is 0 Å².